The number of nitrogen functional groups attached to an aromatic ring is 1. The Morgan fingerprint density at radius 3 is 3.00 bits per heavy atom. The molecule has 0 saturated carbocycles. The zero-order valence-electron chi connectivity index (χ0n) is 7.16. The maximum absolute atomic E-state index is 11.0. The molecule has 0 bridgehead atoms. The van der Waals surface area contributed by atoms with Crippen LogP contribution in [0.4, 0.5) is 5.82 Å². The van der Waals surface area contributed by atoms with Crippen LogP contribution in [-0.4, -0.2) is 9.97 Å². The second-order valence-corrected chi connectivity index (χ2v) is 2.92. The number of aryl methyl sites for hydroxylation is 1. The van der Waals surface area contributed by atoms with Crippen LogP contribution in [-0.2, 0) is 0 Å². The molecule has 2 aromatic rings. The van der Waals surface area contributed by atoms with Gasteiger partial charge in [0, 0.05) is 5.39 Å². The Morgan fingerprint density at radius 2 is 2.23 bits per heavy atom. The van der Waals surface area contributed by atoms with E-state index in [-0.39, 0.29) is 5.82 Å². The zero-order chi connectivity index (χ0) is 9.42. The van der Waals surface area contributed by atoms with E-state index in [9.17, 15) is 4.79 Å². The summed E-state index contributed by atoms with van der Waals surface area (Å²) in [7, 11) is 0. The molecular formula is C9H9N3O. The Balaban J connectivity index is 3.03. The Bertz CT molecular complexity index is 516. The molecule has 0 fully saturated rings. The first-order chi connectivity index (χ1) is 6.18. The lowest BCUT2D eigenvalue weighted by Crippen LogP contribution is -2.12. The summed E-state index contributed by atoms with van der Waals surface area (Å²) < 4.78 is 0. The first kappa shape index (κ1) is 7.79. The van der Waals surface area contributed by atoms with Crippen molar-refractivity contribution in [3.05, 3.63) is 34.2 Å². The van der Waals surface area contributed by atoms with Gasteiger partial charge in [-0.3, -0.25) is 0 Å². The topological polar surface area (TPSA) is 71.8 Å². The molecule has 4 nitrogen and oxygen atoms in total. The van der Waals surface area contributed by atoms with Crippen LogP contribution in [0.15, 0.2) is 23.0 Å². The van der Waals surface area contributed by atoms with Gasteiger partial charge in [0.2, 0.25) is 0 Å². The minimum atomic E-state index is -0.407. The van der Waals surface area contributed by atoms with E-state index in [2.05, 4.69) is 9.97 Å². The molecule has 0 radical (unpaired) electrons. The molecule has 4 heteroatoms. The Hall–Kier alpha value is -1.84. The molecule has 0 aliphatic heterocycles. The van der Waals surface area contributed by atoms with Crippen molar-refractivity contribution in [2.24, 2.45) is 0 Å². The van der Waals surface area contributed by atoms with E-state index in [0.29, 0.717) is 0 Å². The van der Waals surface area contributed by atoms with E-state index in [0.717, 1.165) is 16.5 Å². The van der Waals surface area contributed by atoms with Gasteiger partial charge in [-0.15, -0.1) is 0 Å². The highest BCUT2D eigenvalue weighted by atomic mass is 16.1. The quantitative estimate of drug-likeness (QED) is 0.622. The minimum absolute atomic E-state index is 0.289. The number of nitrogens with one attached hydrogen (secondary N) is 1. The van der Waals surface area contributed by atoms with Gasteiger partial charge in [0.15, 0.2) is 0 Å². The summed E-state index contributed by atoms with van der Waals surface area (Å²) >= 11 is 0. The molecular weight excluding hydrogens is 166 g/mol. The van der Waals surface area contributed by atoms with Gasteiger partial charge in [-0.05, 0) is 18.6 Å². The van der Waals surface area contributed by atoms with Gasteiger partial charge >= 0.3 is 5.69 Å². The number of rotatable bonds is 0. The van der Waals surface area contributed by atoms with Crippen molar-refractivity contribution in [1.82, 2.24) is 9.97 Å². The molecule has 1 heterocycles. The maximum Gasteiger partial charge on any atom is 0.347 e. The second kappa shape index (κ2) is 2.58. The highest BCUT2D eigenvalue weighted by Gasteiger charge is 2.02. The van der Waals surface area contributed by atoms with Crippen molar-refractivity contribution < 1.29 is 0 Å². The Labute approximate surface area is 74.4 Å². The number of anilines is 1. The van der Waals surface area contributed by atoms with Crippen LogP contribution in [0.5, 0.6) is 0 Å². The monoisotopic (exact) mass is 175 g/mol. The van der Waals surface area contributed by atoms with Crippen LogP contribution in [0.2, 0.25) is 0 Å². The highest BCUT2D eigenvalue weighted by molar-refractivity contribution is 5.90. The number of aromatic nitrogens is 2. The van der Waals surface area contributed by atoms with E-state index < -0.39 is 5.69 Å². The molecule has 0 spiro atoms. The molecule has 0 unspecified atom stereocenters. The molecule has 66 valence electrons. The molecule has 3 N–H and O–H groups in total. The first-order valence-corrected chi connectivity index (χ1v) is 3.93. The molecule has 0 saturated heterocycles. The number of nitrogens with zero attached hydrogens (tertiary/aromatic N) is 1. The Kier molecular flexibility index (Phi) is 1.55. The van der Waals surface area contributed by atoms with Crippen LogP contribution in [0.25, 0.3) is 10.9 Å². The summed E-state index contributed by atoms with van der Waals surface area (Å²) in [5.41, 5.74) is 6.97. The van der Waals surface area contributed by atoms with E-state index >= 15 is 0 Å². The summed E-state index contributed by atoms with van der Waals surface area (Å²) in [6, 6.07) is 5.60. The van der Waals surface area contributed by atoms with Gasteiger partial charge in [-0.1, -0.05) is 12.1 Å². The van der Waals surface area contributed by atoms with Crippen molar-refractivity contribution in [1.29, 1.82) is 0 Å². The van der Waals surface area contributed by atoms with Crippen molar-refractivity contribution in [3.63, 3.8) is 0 Å². The van der Waals surface area contributed by atoms with E-state index in [1.807, 2.05) is 25.1 Å². The summed E-state index contributed by atoms with van der Waals surface area (Å²) in [5.74, 6) is 0.289. The fourth-order valence-corrected chi connectivity index (χ4v) is 1.42. The third kappa shape index (κ3) is 1.16. The fraction of sp³-hybridized carbons (Fsp3) is 0.111. The maximum atomic E-state index is 11.0. The predicted molar refractivity (Wildman–Crippen MR) is 51.5 cm³/mol. The minimum Gasteiger partial charge on any atom is -0.383 e. The van der Waals surface area contributed by atoms with Crippen LogP contribution in [0, 0.1) is 6.92 Å². The van der Waals surface area contributed by atoms with Crippen molar-refractivity contribution in [2.75, 3.05) is 5.73 Å². The average molecular weight is 175 g/mol. The second-order valence-electron chi connectivity index (χ2n) is 2.92. The van der Waals surface area contributed by atoms with Gasteiger partial charge in [0.25, 0.3) is 0 Å². The average Bonchev–Trinajstić information content (AvgIpc) is 2.02. The first-order valence-electron chi connectivity index (χ1n) is 3.93. The van der Waals surface area contributed by atoms with E-state index in [4.69, 9.17) is 5.73 Å². The zero-order valence-corrected chi connectivity index (χ0v) is 7.16. The number of aromatic amines is 1. The highest BCUT2D eigenvalue weighted by Crippen LogP contribution is 2.18. The van der Waals surface area contributed by atoms with Crippen molar-refractivity contribution in [3.8, 4) is 0 Å². The molecule has 0 aliphatic rings. The number of benzene rings is 1. The van der Waals surface area contributed by atoms with E-state index in [1.54, 1.807) is 0 Å². The van der Waals surface area contributed by atoms with Crippen LogP contribution >= 0.6 is 0 Å². The SMILES string of the molecule is Cc1cccc2[nH]c(=O)nc(N)c12. The number of fused-ring (bicyclic) bond motifs is 1. The van der Waals surface area contributed by atoms with Gasteiger partial charge in [0.1, 0.15) is 5.82 Å². The van der Waals surface area contributed by atoms with Gasteiger partial charge < -0.3 is 10.7 Å². The summed E-state index contributed by atoms with van der Waals surface area (Å²) in [5, 5.41) is 0.821. The molecule has 1 aromatic heterocycles. The van der Waals surface area contributed by atoms with Crippen LogP contribution in [0.1, 0.15) is 5.56 Å². The normalized spacial score (nSPS) is 10.5. The van der Waals surface area contributed by atoms with Crippen LogP contribution in [0.3, 0.4) is 0 Å². The van der Waals surface area contributed by atoms with Crippen molar-refractivity contribution >= 4 is 16.7 Å². The third-order valence-corrected chi connectivity index (χ3v) is 1.99. The van der Waals surface area contributed by atoms with Gasteiger partial charge in [-0.25, -0.2) is 4.79 Å². The fourth-order valence-electron chi connectivity index (χ4n) is 1.42. The van der Waals surface area contributed by atoms with Gasteiger partial charge in [-0.2, -0.15) is 4.98 Å². The largest absolute Gasteiger partial charge is 0.383 e. The smallest absolute Gasteiger partial charge is 0.347 e. The summed E-state index contributed by atoms with van der Waals surface area (Å²) in [4.78, 5) is 17.2. The predicted octanol–water partition coefficient (Wildman–Crippen LogP) is 0.814. The molecule has 0 aliphatic carbocycles. The van der Waals surface area contributed by atoms with Crippen molar-refractivity contribution in [2.45, 2.75) is 6.92 Å². The lowest BCUT2D eigenvalue weighted by Gasteiger charge is -2.02. The van der Waals surface area contributed by atoms with Gasteiger partial charge in [0.05, 0.1) is 5.52 Å². The molecule has 0 atom stereocenters. The molecule has 13 heavy (non-hydrogen) atoms. The molecule has 0 amide bonds. The lowest BCUT2D eigenvalue weighted by molar-refractivity contribution is 1.12. The molecule has 2 rings (SSSR count). The summed E-state index contributed by atoms with van der Waals surface area (Å²) in [6.07, 6.45) is 0. The molecule has 1 aromatic carbocycles. The Morgan fingerprint density at radius 1 is 1.46 bits per heavy atom. The number of H-pyrrole nitrogens is 1. The van der Waals surface area contributed by atoms with E-state index in [1.165, 1.54) is 0 Å². The number of hydrogen-bond donors (Lipinski definition) is 2. The third-order valence-electron chi connectivity index (χ3n) is 1.99. The number of nitrogens with two attached hydrogens (primary N) is 1. The van der Waals surface area contributed by atoms with Crippen LogP contribution < -0.4 is 11.4 Å². The summed E-state index contributed by atoms with van der Waals surface area (Å²) in [6.45, 7) is 1.93. The number of hydrogen-bond acceptors (Lipinski definition) is 3. The lowest BCUT2D eigenvalue weighted by atomic mass is 10.1. The standard InChI is InChI=1S/C9H9N3O/c1-5-3-2-4-6-7(5)8(10)12-9(13)11-6/h2-4H,1H3,(H3,10,11,12,13).